The summed E-state index contributed by atoms with van der Waals surface area (Å²) in [6.07, 6.45) is 1.91. The highest BCUT2D eigenvalue weighted by atomic mass is 32.1. The number of ether oxygens (including phenoxy) is 1. The molecule has 1 aliphatic carbocycles. The number of thiophene rings is 1. The highest BCUT2D eigenvalue weighted by Crippen LogP contribution is 2.63. The zero-order valence-corrected chi connectivity index (χ0v) is 17.7. The van der Waals surface area contributed by atoms with Gasteiger partial charge in [0.05, 0.1) is 5.92 Å². The molecule has 30 heavy (non-hydrogen) atoms. The second kappa shape index (κ2) is 7.10. The van der Waals surface area contributed by atoms with Crippen LogP contribution in [0, 0.1) is 11.8 Å². The number of fused-ring (bicyclic) bond motifs is 2. The average Bonchev–Trinajstić information content (AvgIpc) is 3.07. The van der Waals surface area contributed by atoms with E-state index in [1.54, 1.807) is 11.3 Å². The fourth-order valence-electron chi connectivity index (χ4n) is 5.75. The number of benzene rings is 2. The number of para-hydroxylation sites is 1. The summed E-state index contributed by atoms with van der Waals surface area (Å²) in [5.74, 6) is 0.887. The van der Waals surface area contributed by atoms with Gasteiger partial charge in [-0.2, -0.15) is 0 Å². The second-order valence-corrected chi connectivity index (χ2v) is 9.85. The van der Waals surface area contributed by atoms with Gasteiger partial charge >= 0.3 is 5.97 Å². The van der Waals surface area contributed by atoms with Crippen LogP contribution in [0.2, 0.25) is 0 Å². The van der Waals surface area contributed by atoms with E-state index in [0.717, 1.165) is 37.3 Å². The smallest absolute Gasteiger partial charge is 0.314 e. The Morgan fingerprint density at radius 3 is 2.77 bits per heavy atom. The summed E-state index contributed by atoms with van der Waals surface area (Å²) in [7, 11) is 0. The highest BCUT2D eigenvalue weighted by molar-refractivity contribution is 7.17. The Labute approximate surface area is 180 Å². The third-order valence-corrected chi connectivity index (χ3v) is 8.29. The van der Waals surface area contributed by atoms with Crippen LogP contribution in [-0.4, -0.2) is 42.6 Å². The topological polar surface area (TPSA) is 41.6 Å². The molecule has 1 saturated carbocycles. The molecule has 0 spiro atoms. The summed E-state index contributed by atoms with van der Waals surface area (Å²) in [6.45, 7) is 3.95. The molecule has 4 heterocycles. The number of rotatable bonds is 7. The first-order valence-corrected chi connectivity index (χ1v) is 11.8. The lowest BCUT2D eigenvalue weighted by Crippen LogP contribution is -2.40. The van der Waals surface area contributed by atoms with Crippen LogP contribution in [0.15, 0.2) is 60.0 Å². The number of hydrogen-bond acceptors (Lipinski definition) is 5. The van der Waals surface area contributed by atoms with Crippen LogP contribution in [-0.2, 0) is 9.53 Å². The molecule has 5 heteroatoms. The Hall–Kier alpha value is -2.37. The maximum Gasteiger partial charge on any atom is 0.314 e. The standard InChI is InChI=1S/C25H26N2O2S/c28-24(29-25-16-27-13-11-21(25)22(25)14-27)19(10-12-26-17-6-2-1-3-7-17)20-15-30-23-9-5-4-8-18(20)23/h1-9,15,19,21-22,26H,10-14,16H2. The average molecular weight is 419 g/mol. The zero-order valence-electron chi connectivity index (χ0n) is 16.9. The van der Waals surface area contributed by atoms with E-state index in [2.05, 4.69) is 52.0 Å². The van der Waals surface area contributed by atoms with Gasteiger partial charge in [0.25, 0.3) is 0 Å². The number of nitrogens with zero attached hydrogens (tertiary/aromatic N) is 1. The molecule has 5 unspecified atom stereocenters. The number of hydrogen-bond donors (Lipinski definition) is 1. The minimum absolute atomic E-state index is 0.0373. The molecule has 4 nitrogen and oxygen atoms in total. The van der Waals surface area contributed by atoms with Gasteiger partial charge in [-0.1, -0.05) is 36.4 Å². The van der Waals surface area contributed by atoms with E-state index < -0.39 is 0 Å². The normalized spacial score (nSPS) is 29.5. The summed E-state index contributed by atoms with van der Waals surface area (Å²) in [4.78, 5) is 16.0. The van der Waals surface area contributed by atoms with Gasteiger partial charge in [0.15, 0.2) is 0 Å². The van der Waals surface area contributed by atoms with Gasteiger partial charge in [0.2, 0.25) is 0 Å². The largest absolute Gasteiger partial charge is 0.457 e. The van der Waals surface area contributed by atoms with Crippen LogP contribution in [0.5, 0.6) is 0 Å². The van der Waals surface area contributed by atoms with Crippen LogP contribution >= 0.6 is 11.3 Å². The zero-order chi connectivity index (χ0) is 20.1. The Morgan fingerprint density at radius 2 is 2.00 bits per heavy atom. The number of anilines is 1. The first-order valence-electron chi connectivity index (χ1n) is 10.9. The molecule has 2 aromatic carbocycles. The highest BCUT2D eigenvalue weighted by Gasteiger charge is 2.74. The van der Waals surface area contributed by atoms with Gasteiger partial charge in [0, 0.05) is 41.9 Å². The Kier molecular flexibility index (Phi) is 4.36. The van der Waals surface area contributed by atoms with Gasteiger partial charge < -0.3 is 10.1 Å². The van der Waals surface area contributed by atoms with Gasteiger partial charge in [-0.3, -0.25) is 9.69 Å². The summed E-state index contributed by atoms with van der Waals surface area (Å²) >= 11 is 1.72. The predicted octanol–water partition coefficient (Wildman–Crippen LogP) is 4.73. The van der Waals surface area contributed by atoms with Crippen molar-refractivity contribution >= 4 is 33.1 Å². The van der Waals surface area contributed by atoms with E-state index in [0.29, 0.717) is 11.8 Å². The van der Waals surface area contributed by atoms with Crippen LogP contribution in [0.3, 0.4) is 0 Å². The van der Waals surface area contributed by atoms with E-state index in [9.17, 15) is 4.79 Å². The molecule has 1 aromatic heterocycles. The van der Waals surface area contributed by atoms with Gasteiger partial charge in [-0.25, -0.2) is 0 Å². The SMILES string of the molecule is O=C(OC12CN3CCC1C2C3)C(CCNc1ccccc1)c1csc2ccccc12. The molecule has 4 fully saturated rings. The third-order valence-electron chi connectivity index (χ3n) is 7.31. The second-order valence-electron chi connectivity index (χ2n) is 8.93. The van der Waals surface area contributed by atoms with E-state index in [1.807, 2.05) is 18.2 Å². The van der Waals surface area contributed by atoms with Gasteiger partial charge in [-0.05, 0) is 53.9 Å². The van der Waals surface area contributed by atoms with Gasteiger partial charge in [0.1, 0.15) is 5.60 Å². The summed E-state index contributed by atoms with van der Waals surface area (Å²) in [5, 5.41) is 6.81. The Balaban J connectivity index is 1.24. The van der Waals surface area contributed by atoms with Crippen molar-refractivity contribution in [2.24, 2.45) is 11.8 Å². The van der Waals surface area contributed by atoms with E-state index in [4.69, 9.17) is 4.74 Å². The maximum absolute atomic E-state index is 13.5. The first kappa shape index (κ1) is 18.4. The van der Waals surface area contributed by atoms with Crippen molar-refractivity contribution in [3.63, 3.8) is 0 Å². The van der Waals surface area contributed by atoms with Crippen LogP contribution < -0.4 is 5.32 Å². The first-order chi connectivity index (χ1) is 14.7. The van der Waals surface area contributed by atoms with Crippen LogP contribution in [0.1, 0.15) is 24.3 Å². The molecule has 4 bridgehead atoms. The molecule has 0 radical (unpaired) electrons. The summed E-state index contributed by atoms with van der Waals surface area (Å²) in [5.41, 5.74) is 2.01. The molecule has 3 aromatic rings. The molecule has 3 aliphatic heterocycles. The van der Waals surface area contributed by atoms with Crippen LogP contribution in [0.25, 0.3) is 10.1 Å². The Morgan fingerprint density at radius 1 is 1.17 bits per heavy atom. The molecular formula is C25H26N2O2S. The van der Waals surface area contributed by atoms with Crippen molar-refractivity contribution in [3.8, 4) is 0 Å². The minimum atomic E-state index is -0.234. The van der Waals surface area contributed by atoms with Gasteiger partial charge in [-0.15, -0.1) is 11.3 Å². The van der Waals surface area contributed by atoms with E-state index >= 15 is 0 Å². The third kappa shape index (κ3) is 2.95. The number of esters is 1. The molecule has 7 rings (SSSR count). The molecule has 154 valence electrons. The monoisotopic (exact) mass is 418 g/mol. The lowest BCUT2D eigenvalue weighted by atomic mass is 9.95. The van der Waals surface area contributed by atoms with Crippen molar-refractivity contribution in [2.75, 3.05) is 31.5 Å². The number of carbonyl (C=O) groups excluding carboxylic acids is 1. The quantitative estimate of drug-likeness (QED) is 0.563. The Bertz CT molecular complexity index is 1070. The van der Waals surface area contributed by atoms with Crippen molar-refractivity contribution in [1.29, 1.82) is 0 Å². The van der Waals surface area contributed by atoms with Crippen molar-refractivity contribution in [3.05, 3.63) is 65.5 Å². The summed E-state index contributed by atoms with van der Waals surface area (Å²) in [6, 6.07) is 18.6. The fraction of sp³-hybridized carbons (Fsp3) is 0.400. The molecule has 5 atom stereocenters. The predicted molar refractivity (Wildman–Crippen MR) is 121 cm³/mol. The number of piperidine rings is 3. The molecule has 4 aliphatic rings. The lowest BCUT2D eigenvalue weighted by molar-refractivity contribution is -0.155. The van der Waals surface area contributed by atoms with E-state index in [-0.39, 0.29) is 17.5 Å². The fourth-order valence-corrected chi connectivity index (χ4v) is 6.76. The van der Waals surface area contributed by atoms with Crippen molar-refractivity contribution in [1.82, 2.24) is 4.90 Å². The lowest BCUT2D eigenvalue weighted by Gasteiger charge is -2.30. The molecule has 1 N–H and O–H groups in total. The van der Waals surface area contributed by atoms with E-state index in [1.165, 1.54) is 23.1 Å². The number of nitrogens with one attached hydrogen (secondary N) is 1. The van der Waals surface area contributed by atoms with Crippen molar-refractivity contribution < 1.29 is 9.53 Å². The number of carbonyl (C=O) groups is 1. The molecule has 3 saturated heterocycles. The van der Waals surface area contributed by atoms with Crippen LogP contribution in [0.4, 0.5) is 5.69 Å². The molecule has 0 amide bonds. The summed E-state index contributed by atoms with van der Waals surface area (Å²) < 4.78 is 7.57. The maximum atomic E-state index is 13.5. The minimum Gasteiger partial charge on any atom is -0.457 e. The van der Waals surface area contributed by atoms with Crippen molar-refractivity contribution in [2.45, 2.75) is 24.4 Å². The molecular weight excluding hydrogens is 392 g/mol.